The fourth-order valence-corrected chi connectivity index (χ4v) is 18.0. The van der Waals surface area contributed by atoms with Crippen LogP contribution in [0.5, 0.6) is 5.88 Å². The Labute approximate surface area is 671 Å². The van der Waals surface area contributed by atoms with Crippen LogP contribution in [0.1, 0.15) is 127 Å². The number of morpholine rings is 1. The van der Waals surface area contributed by atoms with E-state index in [0.717, 1.165) is 105 Å². The highest BCUT2D eigenvalue weighted by Gasteiger charge is 2.32. The quantitative estimate of drug-likeness (QED) is 0.0197. The van der Waals surface area contributed by atoms with E-state index in [4.69, 9.17) is 41.6 Å². The third kappa shape index (κ3) is 19.6. The second-order valence-corrected chi connectivity index (χ2v) is 37.9. The van der Waals surface area contributed by atoms with Crippen LogP contribution in [0.4, 0.5) is 52.4 Å². The summed E-state index contributed by atoms with van der Waals surface area (Å²) >= 11 is 11.7. The van der Waals surface area contributed by atoms with Gasteiger partial charge in [0.05, 0.1) is 45.5 Å². The molecule has 12 aromatic rings. The first-order valence-electron chi connectivity index (χ1n) is 33.2. The number of anilines is 9. The number of thioether (sulfide) groups is 1. The molecular weight excluding hydrogens is 1620 g/mol. The lowest BCUT2D eigenvalue weighted by Crippen LogP contribution is -2.36. The van der Waals surface area contributed by atoms with Crippen LogP contribution in [0.3, 0.4) is 0 Å². The van der Waals surface area contributed by atoms with Crippen molar-refractivity contribution in [3.05, 3.63) is 124 Å². The number of carbonyl (C=O) groups is 1. The molecule has 37 nitrogen and oxygen atoms in total. The van der Waals surface area contributed by atoms with Gasteiger partial charge in [-0.1, -0.05) is 11.6 Å². The van der Waals surface area contributed by atoms with Gasteiger partial charge in [-0.15, -0.1) is 57.1 Å². The molecule has 110 heavy (non-hydrogen) atoms. The molecule has 0 bridgehead atoms. The van der Waals surface area contributed by atoms with E-state index >= 15 is 0 Å². The molecule has 5 fully saturated rings. The predicted molar refractivity (Wildman–Crippen MR) is 443 cm³/mol. The molecule has 1 saturated heterocycles. The smallest absolute Gasteiger partial charge is 0.354 e. The second-order valence-electron chi connectivity index (χ2n) is 25.2. The Morgan fingerprint density at radius 3 is 1.29 bits per heavy atom. The van der Waals surface area contributed by atoms with Gasteiger partial charge >= 0.3 is 5.97 Å². The number of aromatic nitrogens is 16. The Kier molecular flexibility index (Phi) is 22.5. The van der Waals surface area contributed by atoms with Crippen molar-refractivity contribution in [1.82, 2.24) is 80.7 Å². The lowest BCUT2D eigenvalue weighted by molar-refractivity contribution is 0.0690. The number of nitrogens with two attached hydrogens (primary N) is 4. The van der Waals surface area contributed by atoms with Gasteiger partial charge in [0.15, 0.2) is 52.3 Å². The molecule has 0 unspecified atom stereocenters. The summed E-state index contributed by atoms with van der Waals surface area (Å²) in [6, 6.07) is 24.6. The zero-order valence-corrected chi connectivity index (χ0v) is 65.7. The minimum absolute atomic E-state index is 0. The van der Waals surface area contributed by atoms with Crippen LogP contribution in [0, 0.1) is 0 Å². The summed E-state index contributed by atoms with van der Waals surface area (Å²) in [7, 11) is -13.7. The molecule has 13 heterocycles. The van der Waals surface area contributed by atoms with E-state index in [-0.39, 0.29) is 52.7 Å². The topological polar surface area (TPSA) is 566 Å². The maximum atomic E-state index is 11.7. The SMILES string of the molecule is COc1cc(Nc2cc(C3CC3)[nH]n2)nc(-c2ccc(S(N)(=O)=O)s2)n1.CSc1cc(Nc2cc(C3CC3)[nH]n2)nc(-c2ccc(S(N)(=O)=O)s2)n1.NS(=O)(=O)c1ccc(-c2nc(Nc3cc(C4CC4)[nH]n3)cc(N3CCOCC3)n2)s1.NS(=O)(=O)c1ccc(-c2nc(Nc3n[nH]c(C4CC4)c3Cl)cc(C(=O)O)n2)s1.[HH].[HH].[HH].[HH].[HH].[HH].[HH].[HH].[HH].[HH].[HH].[HH].[HH]. The van der Waals surface area contributed by atoms with Crippen molar-refractivity contribution in [2.75, 3.05) is 65.8 Å². The van der Waals surface area contributed by atoms with E-state index in [1.165, 1.54) is 93.8 Å². The van der Waals surface area contributed by atoms with Crippen molar-refractivity contribution < 1.29 is 71.6 Å². The third-order valence-electron chi connectivity index (χ3n) is 16.7. The summed E-state index contributed by atoms with van der Waals surface area (Å²) in [6.45, 7) is 2.69. The molecule has 12 aromatic heterocycles. The molecule has 4 saturated carbocycles. The van der Waals surface area contributed by atoms with Gasteiger partial charge in [-0.25, -0.2) is 93.9 Å². The molecule has 0 atom stereocenters. The summed E-state index contributed by atoms with van der Waals surface area (Å²) in [4.78, 5) is 50.9. The lowest BCUT2D eigenvalue weighted by atomic mass is 10.3. The van der Waals surface area contributed by atoms with Crippen molar-refractivity contribution in [3.8, 4) is 48.7 Å². The van der Waals surface area contributed by atoms with Crippen molar-refractivity contribution in [2.45, 2.75) is 96.9 Å². The Bertz CT molecular complexity index is 5770. The molecule has 0 radical (unpaired) electrons. The summed E-state index contributed by atoms with van der Waals surface area (Å²) < 4.78 is 103. The van der Waals surface area contributed by atoms with Gasteiger partial charge in [0, 0.05) is 115 Å². The van der Waals surface area contributed by atoms with Crippen molar-refractivity contribution >= 4 is 167 Å². The number of thiophene rings is 4. The number of rotatable bonds is 24. The average molecular weight is 1720 g/mol. The first kappa shape index (κ1) is 77.2. The van der Waals surface area contributed by atoms with Crippen LogP contribution in [0.2, 0.25) is 5.02 Å². The van der Waals surface area contributed by atoms with Crippen molar-refractivity contribution in [3.63, 3.8) is 0 Å². The molecule has 17 rings (SSSR count). The predicted octanol–water partition coefficient (Wildman–Crippen LogP) is 12.9. The zero-order valence-electron chi connectivity index (χ0n) is 57.6. The van der Waals surface area contributed by atoms with Crippen molar-refractivity contribution in [1.29, 1.82) is 0 Å². The maximum Gasteiger partial charge on any atom is 0.354 e. The molecule has 0 spiro atoms. The van der Waals surface area contributed by atoms with Crippen LogP contribution in [-0.4, -0.2) is 165 Å². The fourth-order valence-electron chi connectivity index (χ4n) is 10.7. The van der Waals surface area contributed by atoms with Gasteiger partial charge in [-0.2, -0.15) is 25.4 Å². The fraction of sp³-hybridized carbons (Fsp3) is 0.286. The summed E-state index contributed by atoms with van der Waals surface area (Å²) in [5, 5.41) is 72.6. The number of aromatic amines is 4. The van der Waals surface area contributed by atoms with E-state index in [1.807, 2.05) is 36.6 Å². The maximum absolute atomic E-state index is 11.7. The summed E-state index contributed by atoms with van der Waals surface area (Å²) in [6.07, 6.45) is 11.1. The van der Waals surface area contributed by atoms with Gasteiger partial charge < -0.3 is 40.7 Å². The minimum atomic E-state index is -3.88. The number of hydrogen-bond donors (Lipinski definition) is 13. The number of methoxy groups -OCH3 is 1. The molecule has 0 aromatic carbocycles. The lowest BCUT2D eigenvalue weighted by Gasteiger charge is -2.28. The normalized spacial score (nSPS) is 15.2. The number of aromatic carboxylic acids is 1. The van der Waals surface area contributed by atoms with Crippen LogP contribution in [0.15, 0.2) is 113 Å². The van der Waals surface area contributed by atoms with Gasteiger partial charge in [-0.3, -0.25) is 20.4 Å². The highest BCUT2D eigenvalue weighted by molar-refractivity contribution is 7.98. The number of carboxylic acids is 1. The number of halogens is 1. The Hall–Kier alpha value is -9.53. The zero-order chi connectivity index (χ0) is 77.4. The highest BCUT2D eigenvalue weighted by atomic mass is 35.5. The first-order chi connectivity index (χ1) is 52.5. The monoisotopic (exact) mass is 1710 g/mol. The first-order valence-corrected chi connectivity index (χ1v) is 44.3. The highest BCUT2D eigenvalue weighted by Crippen LogP contribution is 2.46. The number of sulfonamides is 4. The number of H-pyrrole nitrogens is 4. The molecule has 1 aliphatic heterocycles. The standard InChI is InChI=1S/C18H21N7O3S2.C15H13ClN6O4S2.C15H16N6O3S2.C15H16N6O2S3.13H2/c19-30(26,27)17-4-3-13(29-17)18-21-14(10-16(22-18)25-5-7-28-8-6-25)20-15-9-12(23-24-15)11-1-2-11;16-11-12(6-1-2-6)21-22-14(11)20-9-5-7(15(23)24)18-13(19-9)8-3-4-10(27-8)28(17,25)26;2*1-24-13-7-11(17-12-6-9(20-21-12)8-2-3-8)18-15(19-13)10-4-5-14(25-10)26(16,22)23;;;;;;;;;;;;;/h3-4,9-11H,1-2,5-8H2,(H2,19,26,27)(H2,20,21,22,23,24);3-6H,1-2H2,(H,23,24)(H2,17,25,26)(H2,18,19,20,21,22);2*4-8H,2-3H2,1H3,(H2,16,22,23)(H2,17,18,19,20,21);13*1H. The van der Waals surface area contributed by atoms with Crippen LogP contribution in [-0.2, 0) is 44.8 Å². The number of nitrogens with zero attached hydrogens (tertiary/aromatic N) is 13. The van der Waals surface area contributed by atoms with Crippen LogP contribution in [0.25, 0.3) is 42.8 Å². The minimum Gasteiger partial charge on any atom is -0.481 e. The number of primary sulfonamides is 4. The number of hydrogen-bond acceptors (Lipinski definition) is 33. The molecule has 47 heteroatoms. The number of nitrogens with one attached hydrogen (secondary N) is 8. The Morgan fingerprint density at radius 1 is 0.509 bits per heavy atom. The van der Waals surface area contributed by atoms with Crippen LogP contribution >= 0.6 is 68.7 Å². The second kappa shape index (κ2) is 32.1. The van der Waals surface area contributed by atoms with E-state index in [9.17, 15) is 43.6 Å². The molecule has 602 valence electrons. The van der Waals surface area contributed by atoms with Crippen molar-refractivity contribution in [2.24, 2.45) is 20.6 Å². The molecule has 5 aliphatic rings. The van der Waals surface area contributed by atoms with Gasteiger partial charge in [0.2, 0.25) is 46.0 Å². The van der Waals surface area contributed by atoms with E-state index in [2.05, 4.69) is 107 Å². The van der Waals surface area contributed by atoms with Gasteiger partial charge in [0.25, 0.3) is 0 Å². The molecular formula is C63H92ClN25O12S9. The Morgan fingerprint density at radius 2 is 0.900 bits per heavy atom. The molecule has 0 amide bonds. The van der Waals surface area contributed by atoms with Gasteiger partial charge in [0.1, 0.15) is 56.0 Å². The number of ether oxygens (including phenoxy) is 2. The third-order valence-corrected chi connectivity index (χ3v) is 27.8. The van der Waals surface area contributed by atoms with Gasteiger partial charge in [-0.05, 0) is 106 Å². The molecule has 17 N–H and O–H groups in total. The summed E-state index contributed by atoms with van der Waals surface area (Å²) in [5.74, 6) is 7.33. The molecule has 4 aliphatic carbocycles. The summed E-state index contributed by atoms with van der Waals surface area (Å²) in [5.41, 5.74) is 3.91. The Balaban J connectivity index is 0.000000793. The largest absolute Gasteiger partial charge is 0.481 e. The average Bonchev–Trinajstić information content (AvgIpc) is 1.74. The van der Waals surface area contributed by atoms with E-state index < -0.39 is 46.1 Å². The van der Waals surface area contributed by atoms with Crippen LogP contribution < -0.4 is 51.5 Å². The van der Waals surface area contributed by atoms with E-state index in [1.54, 1.807) is 24.3 Å². The van der Waals surface area contributed by atoms with E-state index in [0.29, 0.717) is 125 Å². The number of carboxylic acid groups (broad SMARTS) is 1.